The molecule has 5 heterocycles. The number of nitrogens with one attached hydrogen (secondary N) is 1. The van der Waals surface area contributed by atoms with Crippen LogP contribution in [-0.2, 0) is 27.9 Å². The Bertz CT molecular complexity index is 1940. The topological polar surface area (TPSA) is 127 Å². The number of aromatic amines is 1. The highest BCUT2D eigenvalue weighted by molar-refractivity contribution is 6.00. The summed E-state index contributed by atoms with van der Waals surface area (Å²) in [7, 11) is 3.61. The van der Waals surface area contributed by atoms with Gasteiger partial charge in [0.25, 0.3) is 0 Å². The third kappa shape index (κ3) is 5.42. The minimum Gasteiger partial charge on any atom is -0.376 e. The number of piperidine rings is 1. The molecule has 0 aliphatic carbocycles. The number of benzene rings is 2. The number of nitrogens with zero attached hydrogens (tertiary/aromatic N) is 8. The number of hydrogen-bond donors (Lipinski definition) is 1. The quantitative estimate of drug-likeness (QED) is 0.290. The average molecular weight is 628 g/mol. The van der Waals surface area contributed by atoms with Crippen molar-refractivity contribution in [2.75, 3.05) is 33.3 Å². The molecule has 2 aliphatic heterocycles. The summed E-state index contributed by atoms with van der Waals surface area (Å²) in [5.74, 6) is 1.11. The minimum absolute atomic E-state index is 0.00688. The van der Waals surface area contributed by atoms with Gasteiger partial charge < -0.3 is 14.5 Å². The highest BCUT2D eigenvalue weighted by atomic mass is 19.1. The van der Waals surface area contributed by atoms with Crippen molar-refractivity contribution in [2.24, 2.45) is 7.05 Å². The number of hydrogen-bond acceptors (Lipinski definition) is 7. The van der Waals surface area contributed by atoms with Crippen molar-refractivity contribution in [2.45, 2.75) is 57.6 Å². The van der Waals surface area contributed by atoms with E-state index < -0.39 is 0 Å². The summed E-state index contributed by atoms with van der Waals surface area (Å²) in [5.41, 5.74) is 3.59. The fourth-order valence-electron chi connectivity index (χ4n) is 7.01. The molecule has 0 saturated carbocycles. The molecule has 1 N–H and O–H groups in total. The molecule has 2 atom stereocenters. The van der Waals surface area contributed by atoms with Gasteiger partial charge in [0, 0.05) is 69.5 Å². The second-order valence-electron chi connectivity index (χ2n) is 12.5. The van der Waals surface area contributed by atoms with Gasteiger partial charge in [0.15, 0.2) is 5.82 Å². The van der Waals surface area contributed by atoms with E-state index in [1.54, 1.807) is 34.4 Å². The Balaban J connectivity index is 1.23. The summed E-state index contributed by atoms with van der Waals surface area (Å²) in [6, 6.07) is 9.09. The molecule has 2 fully saturated rings. The molecule has 2 saturated heterocycles. The standard InChI is InChI=1S/C33H38FN9O3/c1-19-36-33(38-37-19)24-10-13-46-29(24)17-40(3)30(45)18-43-27-7-5-6-23(25-15-28-22(14-26(25)34)16-35-41(28)4)31(27)32(39-43)21-8-11-42(12-9-21)20(2)44/h5-7,14-16,21,24,29H,8-13,17-18H2,1-4H3,(H,36,37,38)/t24-,29-/m0/s1. The number of aromatic nitrogens is 7. The molecule has 3 aromatic heterocycles. The summed E-state index contributed by atoms with van der Waals surface area (Å²) in [6.45, 7) is 5.71. The lowest BCUT2D eigenvalue weighted by Crippen LogP contribution is -2.38. The first-order chi connectivity index (χ1) is 22.2. The molecule has 2 aromatic carbocycles. The Morgan fingerprint density at radius 1 is 1.13 bits per heavy atom. The fraction of sp³-hybridized carbons (Fsp3) is 0.455. The number of likely N-dealkylation sites (tertiary alicyclic amines) is 1. The van der Waals surface area contributed by atoms with E-state index in [1.807, 2.05) is 43.1 Å². The lowest BCUT2D eigenvalue weighted by atomic mass is 9.89. The summed E-state index contributed by atoms with van der Waals surface area (Å²) in [6.07, 6.45) is 3.71. The zero-order valence-corrected chi connectivity index (χ0v) is 26.5. The summed E-state index contributed by atoms with van der Waals surface area (Å²) < 4.78 is 25.2. The second-order valence-corrected chi connectivity index (χ2v) is 12.5. The maximum Gasteiger partial charge on any atom is 0.244 e. The van der Waals surface area contributed by atoms with Gasteiger partial charge in [0.1, 0.15) is 18.2 Å². The van der Waals surface area contributed by atoms with E-state index >= 15 is 4.39 Å². The van der Waals surface area contributed by atoms with Crippen LogP contribution in [0.5, 0.6) is 0 Å². The number of ether oxygens (including phenoxy) is 1. The van der Waals surface area contributed by atoms with E-state index in [2.05, 4.69) is 20.3 Å². The molecule has 12 nitrogen and oxygen atoms in total. The number of halogens is 1. The third-order valence-electron chi connectivity index (χ3n) is 9.58. The van der Waals surface area contributed by atoms with Crippen LogP contribution in [0.15, 0.2) is 36.5 Å². The van der Waals surface area contributed by atoms with Crippen LogP contribution >= 0.6 is 0 Å². The predicted octanol–water partition coefficient (Wildman–Crippen LogP) is 3.91. The number of likely N-dealkylation sites (N-methyl/N-ethyl adjacent to an activating group) is 1. The van der Waals surface area contributed by atoms with Crippen molar-refractivity contribution in [1.29, 1.82) is 0 Å². The van der Waals surface area contributed by atoms with Crippen LogP contribution in [0.3, 0.4) is 0 Å². The van der Waals surface area contributed by atoms with Gasteiger partial charge in [-0.1, -0.05) is 12.1 Å². The fourth-order valence-corrected chi connectivity index (χ4v) is 7.01. The largest absolute Gasteiger partial charge is 0.376 e. The lowest BCUT2D eigenvalue weighted by molar-refractivity contribution is -0.132. The van der Waals surface area contributed by atoms with Crippen molar-refractivity contribution in [3.8, 4) is 11.1 Å². The van der Waals surface area contributed by atoms with Gasteiger partial charge in [-0.05, 0) is 49.9 Å². The summed E-state index contributed by atoms with van der Waals surface area (Å²) in [4.78, 5) is 33.8. The summed E-state index contributed by atoms with van der Waals surface area (Å²) >= 11 is 0. The van der Waals surface area contributed by atoms with E-state index in [1.165, 1.54) is 6.07 Å². The van der Waals surface area contributed by atoms with E-state index in [0.717, 1.165) is 58.2 Å². The van der Waals surface area contributed by atoms with Crippen molar-refractivity contribution < 1.29 is 18.7 Å². The Morgan fingerprint density at radius 2 is 1.93 bits per heavy atom. The predicted molar refractivity (Wildman–Crippen MR) is 169 cm³/mol. The van der Waals surface area contributed by atoms with Crippen LogP contribution in [0.1, 0.15) is 55.4 Å². The molecule has 5 aromatic rings. The highest BCUT2D eigenvalue weighted by Crippen LogP contribution is 2.40. The SMILES string of the molecule is CC(=O)N1CCC(c2nn(CC(=O)N(C)C[C@@H]3OCC[C@@H]3c3n[nH]c(C)n3)c3cccc(-c4cc5c(cnn5C)cc4F)c23)CC1. The molecule has 2 amide bonds. The molecule has 46 heavy (non-hydrogen) atoms. The molecule has 2 aliphatic rings. The molecule has 0 bridgehead atoms. The van der Waals surface area contributed by atoms with Gasteiger partial charge in [0.05, 0.1) is 34.9 Å². The van der Waals surface area contributed by atoms with Crippen molar-refractivity contribution >= 4 is 33.6 Å². The maximum atomic E-state index is 15.7. The van der Waals surface area contributed by atoms with Crippen LogP contribution in [-0.4, -0.2) is 95.7 Å². The van der Waals surface area contributed by atoms with Crippen LogP contribution in [0.2, 0.25) is 0 Å². The Kier molecular flexibility index (Phi) is 7.79. The van der Waals surface area contributed by atoms with Gasteiger partial charge >= 0.3 is 0 Å². The third-order valence-corrected chi connectivity index (χ3v) is 9.58. The van der Waals surface area contributed by atoms with Crippen LogP contribution < -0.4 is 0 Å². The van der Waals surface area contributed by atoms with Gasteiger partial charge in [0.2, 0.25) is 11.8 Å². The molecule has 7 rings (SSSR count). The first kappa shape index (κ1) is 30.0. The molecule has 13 heteroatoms. The zero-order valence-electron chi connectivity index (χ0n) is 26.5. The van der Waals surface area contributed by atoms with Gasteiger partial charge in [-0.25, -0.2) is 9.37 Å². The van der Waals surface area contributed by atoms with Crippen LogP contribution in [0.25, 0.3) is 32.9 Å². The van der Waals surface area contributed by atoms with Gasteiger partial charge in [-0.2, -0.15) is 15.3 Å². The Morgan fingerprint density at radius 3 is 2.67 bits per heavy atom. The number of carbonyl (C=O) groups excluding carboxylic acids is 2. The number of amides is 2. The van der Waals surface area contributed by atoms with E-state index in [-0.39, 0.29) is 42.1 Å². The summed E-state index contributed by atoms with van der Waals surface area (Å²) in [5, 5.41) is 18.2. The number of rotatable bonds is 7. The molecular weight excluding hydrogens is 589 g/mol. The smallest absolute Gasteiger partial charge is 0.244 e. The number of aryl methyl sites for hydroxylation is 2. The van der Waals surface area contributed by atoms with Crippen molar-refractivity contribution in [3.63, 3.8) is 0 Å². The Labute approximate surface area is 265 Å². The lowest BCUT2D eigenvalue weighted by Gasteiger charge is -2.30. The first-order valence-electron chi connectivity index (χ1n) is 15.8. The number of carbonyl (C=O) groups is 2. The maximum absolute atomic E-state index is 15.7. The van der Waals surface area contributed by atoms with Crippen molar-refractivity contribution in [1.82, 2.24) is 44.5 Å². The van der Waals surface area contributed by atoms with Gasteiger partial charge in [-0.3, -0.25) is 24.1 Å². The zero-order chi connectivity index (χ0) is 32.1. The van der Waals surface area contributed by atoms with Crippen molar-refractivity contribution in [3.05, 3.63) is 59.7 Å². The molecular formula is C33H38FN9O3. The molecule has 240 valence electrons. The number of fused-ring (bicyclic) bond motifs is 2. The first-order valence-corrected chi connectivity index (χ1v) is 15.8. The van der Waals surface area contributed by atoms with Crippen LogP contribution in [0, 0.1) is 12.7 Å². The van der Waals surface area contributed by atoms with E-state index in [4.69, 9.17) is 9.84 Å². The van der Waals surface area contributed by atoms with Crippen LogP contribution in [0.4, 0.5) is 4.39 Å². The molecule has 0 spiro atoms. The minimum atomic E-state index is -0.346. The van der Waals surface area contributed by atoms with Gasteiger partial charge in [-0.15, -0.1) is 0 Å². The highest BCUT2D eigenvalue weighted by Gasteiger charge is 2.35. The number of H-pyrrole nitrogens is 1. The average Bonchev–Trinajstić information content (AvgIpc) is 3.84. The monoisotopic (exact) mass is 627 g/mol. The molecule has 0 unspecified atom stereocenters. The molecule has 0 radical (unpaired) electrons. The van der Waals surface area contributed by atoms with E-state index in [9.17, 15) is 9.59 Å². The van der Waals surface area contributed by atoms with E-state index in [0.29, 0.717) is 37.6 Å². The normalized spacial score (nSPS) is 19.0. The Hall–Kier alpha value is -4.65. The second kappa shape index (κ2) is 11.9.